The Labute approximate surface area is 133 Å². The number of nitriles is 1. The molecule has 2 heterocycles. The van der Waals surface area contributed by atoms with Gasteiger partial charge in [-0.1, -0.05) is 11.2 Å². The molecule has 3 rings (SSSR count). The van der Waals surface area contributed by atoms with Crippen LogP contribution in [-0.4, -0.2) is 21.2 Å². The molecule has 6 nitrogen and oxygen atoms in total. The van der Waals surface area contributed by atoms with Gasteiger partial charge in [0, 0.05) is 11.8 Å². The highest BCUT2D eigenvalue weighted by Gasteiger charge is 2.13. The number of aromatic nitrogens is 3. The maximum Gasteiger partial charge on any atom is 0.258 e. The summed E-state index contributed by atoms with van der Waals surface area (Å²) >= 11 is 0. The van der Waals surface area contributed by atoms with E-state index in [2.05, 4.69) is 21.2 Å². The average molecular weight is 306 g/mol. The van der Waals surface area contributed by atoms with E-state index in [1.54, 1.807) is 30.5 Å². The van der Waals surface area contributed by atoms with Crippen LogP contribution in [0.4, 0.5) is 0 Å². The predicted octanol–water partition coefficient (Wildman–Crippen LogP) is 3.46. The number of ether oxygens (including phenoxy) is 1. The molecule has 0 amide bonds. The summed E-state index contributed by atoms with van der Waals surface area (Å²) in [5.74, 6) is 1.30. The molecule has 0 bridgehead atoms. The summed E-state index contributed by atoms with van der Waals surface area (Å²) in [5.41, 5.74) is 1.72. The highest BCUT2D eigenvalue weighted by atomic mass is 16.5. The summed E-state index contributed by atoms with van der Waals surface area (Å²) in [6.07, 6.45) is 1.67. The van der Waals surface area contributed by atoms with Crippen molar-refractivity contribution in [3.63, 3.8) is 0 Å². The maximum absolute atomic E-state index is 9.17. The van der Waals surface area contributed by atoms with Crippen molar-refractivity contribution in [2.75, 3.05) is 0 Å². The molecule has 114 valence electrons. The number of rotatable bonds is 4. The molecular weight excluding hydrogens is 292 g/mol. The molecule has 0 fully saturated rings. The van der Waals surface area contributed by atoms with Crippen molar-refractivity contribution in [3.8, 4) is 34.8 Å². The number of hydrogen-bond donors (Lipinski definition) is 0. The monoisotopic (exact) mass is 306 g/mol. The summed E-state index contributed by atoms with van der Waals surface area (Å²) in [6.45, 7) is 3.84. The van der Waals surface area contributed by atoms with Crippen LogP contribution in [-0.2, 0) is 0 Å². The zero-order valence-corrected chi connectivity index (χ0v) is 12.7. The quantitative estimate of drug-likeness (QED) is 0.734. The summed E-state index contributed by atoms with van der Waals surface area (Å²) in [7, 11) is 0. The maximum atomic E-state index is 9.17. The third-order valence-corrected chi connectivity index (χ3v) is 2.97. The van der Waals surface area contributed by atoms with E-state index in [0.717, 1.165) is 0 Å². The summed E-state index contributed by atoms with van der Waals surface area (Å²) in [6, 6.07) is 12.7. The van der Waals surface area contributed by atoms with Crippen LogP contribution in [0.1, 0.15) is 19.4 Å². The lowest BCUT2D eigenvalue weighted by atomic mass is 10.1. The van der Waals surface area contributed by atoms with Crippen molar-refractivity contribution in [1.82, 2.24) is 15.1 Å². The Morgan fingerprint density at radius 2 is 2.09 bits per heavy atom. The molecule has 0 radical (unpaired) electrons. The van der Waals surface area contributed by atoms with E-state index in [1.807, 2.05) is 26.0 Å². The van der Waals surface area contributed by atoms with Crippen molar-refractivity contribution in [3.05, 3.63) is 48.2 Å². The summed E-state index contributed by atoms with van der Waals surface area (Å²) in [5, 5.41) is 13.1. The van der Waals surface area contributed by atoms with Crippen LogP contribution in [0.3, 0.4) is 0 Å². The minimum atomic E-state index is 0.00329. The fourth-order valence-electron chi connectivity index (χ4n) is 2.07. The molecule has 0 saturated heterocycles. The Morgan fingerprint density at radius 3 is 2.78 bits per heavy atom. The standard InChI is InChI=1S/C17H14N4O2/c1-11(2)22-14-8-12(10-18)7-13(9-14)17-20-16(21-23-17)15-5-3-4-6-19-15/h3-9,11H,1-2H3. The predicted molar refractivity (Wildman–Crippen MR) is 83.4 cm³/mol. The molecule has 0 unspecified atom stereocenters. The first-order valence-corrected chi connectivity index (χ1v) is 7.13. The third kappa shape index (κ3) is 3.35. The van der Waals surface area contributed by atoms with Gasteiger partial charge in [-0.05, 0) is 44.2 Å². The van der Waals surface area contributed by atoms with E-state index >= 15 is 0 Å². The van der Waals surface area contributed by atoms with Crippen LogP contribution in [0.2, 0.25) is 0 Å². The van der Waals surface area contributed by atoms with Gasteiger partial charge in [0.1, 0.15) is 11.4 Å². The number of pyridine rings is 1. The van der Waals surface area contributed by atoms with Gasteiger partial charge in [-0.15, -0.1) is 0 Å². The lowest BCUT2D eigenvalue weighted by Gasteiger charge is -2.10. The lowest BCUT2D eigenvalue weighted by molar-refractivity contribution is 0.242. The molecule has 0 aliphatic rings. The molecule has 23 heavy (non-hydrogen) atoms. The molecule has 6 heteroatoms. The molecule has 0 saturated carbocycles. The molecule has 1 aromatic carbocycles. The Morgan fingerprint density at radius 1 is 1.22 bits per heavy atom. The van der Waals surface area contributed by atoms with Crippen LogP contribution >= 0.6 is 0 Å². The molecule has 0 N–H and O–H groups in total. The van der Waals surface area contributed by atoms with E-state index in [-0.39, 0.29) is 6.10 Å². The first-order valence-electron chi connectivity index (χ1n) is 7.13. The molecule has 2 aromatic heterocycles. The normalized spacial score (nSPS) is 10.5. The zero-order chi connectivity index (χ0) is 16.2. The van der Waals surface area contributed by atoms with Crippen molar-refractivity contribution in [1.29, 1.82) is 5.26 Å². The molecule has 0 atom stereocenters. The van der Waals surface area contributed by atoms with Crippen LogP contribution in [0, 0.1) is 11.3 Å². The van der Waals surface area contributed by atoms with E-state index in [0.29, 0.717) is 34.3 Å². The fraction of sp³-hybridized carbons (Fsp3) is 0.176. The zero-order valence-electron chi connectivity index (χ0n) is 12.7. The summed E-state index contributed by atoms with van der Waals surface area (Å²) < 4.78 is 11.0. The smallest absolute Gasteiger partial charge is 0.258 e. The van der Waals surface area contributed by atoms with E-state index in [9.17, 15) is 0 Å². The number of hydrogen-bond acceptors (Lipinski definition) is 6. The van der Waals surface area contributed by atoms with Crippen molar-refractivity contribution < 1.29 is 9.26 Å². The molecule has 0 aliphatic heterocycles. The van der Waals surface area contributed by atoms with Crippen LogP contribution < -0.4 is 4.74 Å². The van der Waals surface area contributed by atoms with Gasteiger partial charge in [0.15, 0.2) is 0 Å². The SMILES string of the molecule is CC(C)Oc1cc(C#N)cc(-c2nc(-c3ccccn3)no2)c1. The largest absolute Gasteiger partial charge is 0.491 e. The van der Waals surface area contributed by atoms with Crippen LogP contribution in [0.25, 0.3) is 23.0 Å². The minimum Gasteiger partial charge on any atom is -0.491 e. The highest BCUT2D eigenvalue weighted by Crippen LogP contribution is 2.27. The second kappa shape index (κ2) is 6.28. The van der Waals surface area contributed by atoms with Gasteiger partial charge in [-0.2, -0.15) is 10.2 Å². The first kappa shape index (κ1) is 14.7. The third-order valence-electron chi connectivity index (χ3n) is 2.97. The van der Waals surface area contributed by atoms with Gasteiger partial charge in [0.25, 0.3) is 5.89 Å². The number of nitrogens with zero attached hydrogens (tertiary/aromatic N) is 4. The van der Waals surface area contributed by atoms with Crippen molar-refractivity contribution in [2.45, 2.75) is 20.0 Å². The van der Waals surface area contributed by atoms with Crippen molar-refractivity contribution >= 4 is 0 Å². The van der Waals surface area contributed by atoms with Gasteiger partial charge < -0.3 is 9.26 Å². The second-order valence-electron chi connectivity index (χ2n) is 5.16. The van der Waals surface area contributed by atoms with E-state index < -0.39 is 0 Å². The average Bonchev–Trinajstić information content (AvgIpc) is 3.05. The van der Waals surface area contributed by atoms with Crippen molar-refractivity contribution in [2.24, 2.45) is 0 Å². The van der Waals surface area contributed by atoms with E-state index in [4.69, 9.17) is 14.5 Å². The summed E-state index contributed by atoms with van der Waals surface area (Å²) in [4.78, 5) is 8.53. The van der Waals surface area contributed by atoms with Gasteiger partial charge in [-0.3, -0.25) is 4.98 Å². The Bertz CT molecular complexity index is 851. The van der Waals surface area contributed by atoms with Gasteiger partial charge in [-0.25, -0.2) is 0 Å². The van der Waals surface area contributed by atoms with Crippen LogP contribution in [0.15, 0.2) is 47.1 Å². The van der Waals surface area contributed by atoms with E-state index in [1.165, 1.54) is 0 Å². The van der Waals surface area contributed by atoms with Gasteiger partial charge in [0.2, 0.25) is 5.82 Å². The topological polar surface area (TPSA) is 84.8 Å². The minimum absolute atomic E-state index is 0.00329. The lowest BCUT2D eigenvalue weighted by Crippen LogP contribution is -2.05. The van der Waals surface area contributed by atoms with Gasteiger partial charge >= 0.3 is 0 Å². The second-order valence-corrected chi connectivity index (χ2v) is 5.16. The Kier molecular flexibility index (Phi) is 4.02. The first-order chi connectivity index (χ1) is 11.2. The Balaban J connectivity index is 1.99. The molecule has 0 aliphatic carbocycles. The van der Waals surface area contributed by atoms with Gasteiger partial charge in [0.05, 0.1) is 17.7 Å². The molecular formula is C17H14N4O2. The number of benzene rings is 1. The Hall–Kier alpha value is -3.20. The fourth-order valence-corrected chi connectivity index (χ4v) is 2.07. The highest BCUT2D eigenvalue weighted by molar-refractivity contribution is 5.61. The molecule has 0 spiro atoms. The molecule has 3 aromatic rings. The van der Waals surface area contributed by atoms with Crippen LogP contribution in [0.5, 0.6) is 5.75 Å².